The molecule has 0 spiro atoms. The molecule has 4 amide bonds. The first kappa shape index (κ1) is 24.2. The van der Waals surface area contributed by atoms with Gasteiger partial charge in [-0.1, -0.05) is 28.1 Å². The van der Waals surface area contributed by atoms with Gasteiger partial charge in [0.1, 0.15) is 29.5 Å². The number of aryl methyl sites for hydroxylation is 1. The van der Waals surface area contributed by atoms with Gasteiger partial charge in [-0.05, 0) is 66.6 Å². The highest BCUT2D eigenvalue weighted by Gasteiger charge is 2.37. The fourth-order valence-electron chi connectivity index (χ4n) is 3.58. The Morgan fingerprint density at radius 3 is 2.57 bits per heavy atom. The zero-order valence-corrected chi connectivity index (χ0v) is 20.4. The van der Waals surface area contributed by atoms with Crippen molar-refractivity contribution in [1.82, 2.24) is 5.32 Å². The van der Waals surface area contributed by atoms with Crippen molar-refractivity contribution in [2.75, 3.05) is 12.0 Å². The number of nitrogens with zero attached hydrogens (tertiary/aromatic N) is 1. The Kier molecular flexibility index (Phi) is 6.97. The Bertz CT molecular complexity index is 1370. The summed E-state index contributed by atoms with van der Waals surface area (Å²) in [7, 11) is 1.49. The van der Waals surface area contributed by atoms with E-state index in [4.69, 9.17) is 9.47 Å². The highest BCUT2D eigenvalue weighted by atomic mass is 79.9. The monoisotopic (exact) mass is 538 g/mol. The molecule has 1 saturated heterocycles. The normalized spacial score (nSPS) is 14.8. The van der Waals surface area contributed by atoms with Crippen LogP contribution in [0.5, 0.6) is 11.5 Å². The van der Waals surface area contributed by atoms with Crippen LogP contribution >= 0.6 is 15.9 Å². The van der Waals surface area contributed by atoms with Gasteiger partial charge < -0.3 is 9.47 Å². The minimum absolute atomic E-state index is 0.0456. The second-order valence-electron chi connectivity index (χ2n) is 7.71. The lowest BCUT2D eigenvalue weighted by Gasteiger charge is -2.27. The van der Waals surface area contributed by atoms with Crippen LogP contribution in [0, 0.1) is 12.7 Å². The number of ether oxygens (including phenoxy) is 2. The first-order valence-corrected chi connectivity index (χ1v) is 11.3. The van der Waals surface area contributed by atoms with E-state index in [2.05, 4.69) is 21.2 Å². The van der Waals surface area contributed by atoms with Gasteiger partial charge in [0.05, 0.1) is 12.8 Å². The number of imide groups is 2. The van der Waals surface area contributed by atoms with E-state index in [0.717, 1.165) is 9.37 Å². The molecule has 4 rings (SSSR count). The molecule has 35 heavy (non-hydrogen) atoms. The van der Waals surface area contributed by atoms with E-state index in [0.29, 0.717) is 33.9 Å². The second-order valence-corrected chi connectivity index (χ2v) is 8.63. The number of methoxy groups -OCH3 is 1. The molecule has 0 radical (unpaired) electrons. The first-order valence-electron chi connectivity index (χ1n) is 10.5. The second kappa shape index (κ2) is 10.1. The smallest absolute Gasteiger partial charge is 0.335 e. The highest BCUT2D eigenvalue weighted by molar-refractivity contribution is 9.10. The molecular formula is C26H20BrFN2O5. The van der Waals surface area contributed by atoms with Crippen LogP contribution in [-0.2, 0) is 16.2 Å². The minimum Gasteiger partial charge on any atom is -0.497 e. The Morgan fingerprint density at radius 1 is 1.06 bits per heavy atom. The summed E-state index contributed by atoms with van der Waals surface area (Å²) in [6.45, 7) is 1.80. The van der Waals surface area contributed by atoms with Gasteiger partial charge in [-0.3, -0.25) is 14.9 Å². The van der Waals surface area contributed by atoms with Crippen molar-refractivity contribution in [3.05, 3.63) is 93.2 Å². The van der Waals surface area contributed by atoms with Crippen molar-refractivity contribution in [2.24, 2.45) is 0 Å². The van der Waals surface area contributed by atoms with Crippen LogP contribution in [0.3, 0.4) is 0 Å². The maximum atomic E-state index is 13.5. The third-order valence-corrected chi connectivity index (χ3v) is 5.80. The lowest BCUT2D eigenvalue weighted by molar-refractivity contribution is -0.122. The van der Waals surface area contributed by atoms with Gasteiger partial charge in [0.15, 0.2) is 0 Å². The zero-order chi connectivity index (χ0) is 25.1. The first-order chi connectivity index (χ1) is 16.8. The van der Waals surface area contributed by atoms with Crippen molar-refractivity contribution in [1.29, 1.82) is 0 Å². The van der Waals surface area contributed by atoms with Gasteiger partial charge >= 0.3 is 6.03 Å². The van der Waals surface area contributed by atoms with Gasteiger partial charge in [-0.15, -0.1) is 0 Å². The summed E-state index contributed by atoms with van der Waals surface area (Å²) in [6.07, 6.45) is 1.35. The third kappa shape index (κ3) is 5.25. The van der Waals surface area contributed by atoms with E-state index < -0.39 is 23.7 Å². The number of carbonyl (C=O) groups excluding carboxylic acids is 3. The zero-order valence-electron chi connectivity index (χ0n) is 18.8. The Morgan fingerprint density at radius 2 is 1.86 bits per heavy atom. The molecule has 1 aliphatic rings. The van der Waals surface area contributed by atoms with Crippen molar-refractivity contribution in [3.8, 4) is 11.5 Å². The van der Waals surface area contributed by atoms with E-state index in [9.17, 15) is 18.8 Å². The van der Waals surface area contributed by atoms with Crippen molar-refractivity contribution in [3.63, 3.8) is 0 Å². The predicted molar refractivity (Wildman–Crippen MR) is 132 cm³/mol. The fourth-order valence-corrected chi connectivity index (χ4v) is 4.05. The van der Waals surface area contributed by atoms with E-state index >= 15 is 0 Å². The molecule has 1 aliphatic heterocycles. The molecule has 1 fully saturated rings. The molecule has 3 aromatic rings. The van der Waals surface area contributed by atoms with E-state index in [1.165, 1.54) is 25.3 Å². The Hall–Kier alpha value is -3.98. The molecule has 3 aromatic carbocycles. The molecule has 0 bridgehead atoms. The Labute approximate surface area is 209 Å². The largest absolute Gasteiger partial charge is 0.497 e. The molecular weight excluding hydrogens is 519 g/mol. The topological polar surface area (TPSA) is 84.9 Å². The van der Waals surface area contributed by atoms with E-state index in [-0.39, 0.29) is 12.2 Å². The van der Waals surface area contributed by atoms with Crippen LogP contribution in [0.2, 0.25) is 0 Å². The molecule has 0 aliphatic carbocycles. The van der Waals surface area contributed by atoms with Crippen molar-refractivity contribution >= 4 is 45.5 Å². The number of urea groups is 1. The number of nitrogens with one attached hydrogen (secondary N) is 1. The number of hydrogen-bond acceptors (Lipinski definition) is 5. The van der Waals surface area contributed by atoms with Crippen LogP contribution in [0.15, 0.2) is 70.7 Å². The molecule has 0 unspecified atom stereocenters. The van der Waals surface area contributed by atoms with Crippen LogP contribution in [-0.4, -0.2) is 25.0 Å². The number of barbiturate groups is 1. The van der Waals surface area contributed by atoms with E-state index in [1.54, 1.807) is 55.5 Å². The lowest BCUT2D eigenvalue weighted by Crippen LogP contribution is -2.54. The van der Waals surface area contributed by atoms with Gasteiger partial charge in [0, 0.05) is 16.1 Å². The summed E-state index contributed by atoms with van der Waals surface area (Å²) in [4.78, 5) is 39.4. The molecule has 0 atom stereocenters. The molecule has 0 aromatic heterocycles. The summed E-state index contributed by atoms with van der Waals surface area (Å²) in [6, 6.07) is 15.1. The Balaban J connectivity index is 1.70. The summed E-state index contributed by atoms with van der Waals surface area (Å²) in [5.41, 5.74) is 1.78. The van der Waals surface area contributed by atoms with Crippen molar-refractivity contribution < 1.29 is 28.2 Å². The van der Waals surface area contributed by atoms with Crippen molar-refractivity contribution in [2.45, 2.75) is 13.5 Å². The molecule has 7 nitrogen and oxygen atoms in total. The predicted octanol–water partition coefficient (Wildman–Crippen LogP) is 5.15. The summed E-state index contributed by atoms with van der Waals surface area (Å²) in [5.74, 6) is -1.18. The quantitative estimate of drug-likeness (QED) is 0.346. The summed E-state index contributed by atoms with van der Waals surface area (Å²) >= 11 is 3.36. The maximum absolute atomic E-state index is 13.5. The standard InChI is InChI=1S/C26H20BrFN2O5/c1-15-10-18(27)7-9-22(15)30-25(32)21(24(31)29-26(30)33)12-17-6-8-20(34-2)13-23(17)35-14-16-4-3-5-19(28)11-16/h3-13H,14H2,1-2H3,(H,29,31,33)/b21-12-. The van der Waals surface area contributed by atoms with E-state index in [1.807, 2.05) is 0 Å². The fraction of sp³-hybridized carbons (Fsp3) is 0.115. The van der Waals surface area contributed by atoms with Crippen LogP contribution < -0.4 is 19.7 Å². The van der Waals surface area contributed by atoms with Gasteiger partial charge in [0.25, 0.3) is 11.8 Å². The number of hydrogen-bond donors (Lipinski definition) is 1. The SMILES string of the molecule is COc1ccc(/C=C2/C(=O)NC(=O)N(c3ccc(Br)cc3C)C2=O)c(OCc2cccc(F)c2)c1. The number of carbonyl (C=O) groups is 3. The molecule has 9 heteroatoms. The highest BCUT2D eigenvalue weighted by Crippen LogP contribution is 2.31. The van der Waals surface area contributed by atoms with Crippen LogP contribution in [0.4, 0.5) is 14.9 Å². The molecule has 0 saturated carbocycles. The minimum atomic E-state index is -0.833. The lowest BCUT2D eigenvalue weighted by atomic mass is 10.0. The number of rotatable bonds is 6. The summed E-state index contributed by atoms with van der Waals surface area (Å²) < 4.78 is 25.5. The van der Waals surface area contributed by atoms with Gasteiger partial charge in [-0.2, -0.15) is 0 Å². The van der Waals surface area contributed by atoms with Crippen LogP contribution in [0.1, 0.15) is 16.7 Å². The number of anilines is 1. The van der Waals surface area contributed by atoms with Crippen LogP contribution in [0.25, 0.3) is 6.08 Å². The molecule has 1 heterocycles. The summed E-state index contributed by atoms with van der Waals surface area (Å²) in [5, 5.41) is 2.22. The van der Waals surface area contributed by atoms with Gasteiger partial charge in [-0.25, -0.2) is 14.1 Å². The molecule has 1 N–H and O–H groups in total. The number of amides is 4. The average molecular weight is 539 g/mol. The molecule has 178 valence electrons. The number of benzene rings is 3. The average Bonchev–Trinajstić information content (AvgIpc) is 2.82. The number of halogens is 2. The maximum Gasteiger partial charge on any atom is 0.335 e. The third-order valence-electron chi connectivity index (χ3n) is 5.31. The van der Waals surface area contributed by atoms with Gasteiger partial charge in [0.2, 0.25) is 0 Å².